The molecule has 1 saturated heterocycles. The molecule has 0 amide bonds. The first kappa shape index (κ1) is 11.4. The van der Waals surface area contributed by atoms with Crippen molar-refractivity contribution in [2.24, 2.45) is 0 Å². The third-order valence-corrected chi connectivity index (χ3v) is 2.92. The van der Waals surface area contributed by atoms with Gasteiger partial charge in [0, 0.05) is 18.9 Å². The SMILES string of the molecule is COC(=O)/C=C/C1=CCC2(CC1)OCCO2. The van der Waals surface area contributed by atoms with Crippen LogP contribution in [0, 0.1) is 0 Å². The van der Waals surface area contributed by atoms with E-state index in [0.29, 0.717) is 13.2 Å². The minimum atomic E-state index is -0.386. The molecule has 0 aromatic carbocycles. The third kappa shape index (κ3) is 2.51. The van der Waals surface area contributed by atoms with E-state index in [1.54, 1.807) is 6.08 Å². The molecule has 0 saturated carbocycles. The van der Waals surface area contributed by atoms with Crippen LogP contribution in [0.15, 0.2) is 23.8 Å². The second-order valence-corrected chi connectivity index (χ2v) is 3.95. The van der Waals surface area contributed by atoms with Crippen molar-refractivity contribution >= 4 is 5.97 Å². The molecule has 1 fully saturated rings. The van der Waals surface area contributed by atoms with Crippen molar-refractivity contribution in [1.82, 2.24) is 0 Å². The minimum absolute atomic E-state index is 0.324. The van der Waals surface area contributed by atoms with Gasteiger partial charge >= 0.3 is 5.97 Å². The number of carbonyl (C=O) groups is 1. The van der Waals surface area contributed by atoms with Crippen LogP contribution in [0.25, 0.3) is 0 Å². The standard InChI is InChI=1S/C12H16O4/c1-14-11(13)3-2-10-4-6-12(7-5-10)15-8-9-16-12/h2-4H,5-9H2,1H3/b3-2+. The molecule has 1 spiro atoms. The van der Waals surface area contributed by atoms with Crippen LogP contribution in [-0.4, -0.2) is 32.1 Å². The summed E-state index contributed by atoms with van der Waals surface area (Å²) >= 11 is 0. The molecule has 1 aliphatic heterocycles. The Morgan fingerprint density at radius 2 is 2.25 bits per heavy atom. The van der Waals surface area contributed by atoms with Gasteiger partial charge in [0.05, 0.1) is 20.3 Å². The maximum Gasteiger partial charge on any atom is 0.330 e. The molecule has 2 aliphatic rings. The van der Waals surface area contributed by atoms with Gasteiger partial charge in [0.15, 0.2) is 5.79 Å². The highest BCUT2D eigenvalue weighted by molar-refractivity contribution is 5.82. The molecule has 1 aliphatic carbocycles. The molecular weight excluding hydrogens is 208 g/mol. The predicted molar refractivity (Wildman–Crippen MR) is 57.7 cm³/mol. The number of hydrogen-bond acceptors (Lipinski definition) is 4. The second kappa shape index (κ2) is 4.80. The number of carbonyl (C=O) groups excluding carboxylic acids is 1. The third-order valence-electron chi connectivity index (χ3n) is 2.92. The Balaban J connectivity index is 1.93. The highest BCUT2D eigenvalue weighted by Gasteiger charge is 2.37. The average molecular weight is 224 g/mol. The normalized spacial score (nSPS) is 23.7. The van der Waals surface area contributed by atoms with Crippen LogP contribution >= 0.6 is 0 Å². The zero-order valence-electron chi connectivity index (χ0n) is 9.40. The fraction of sp³-hybridized carbons (Fsp3) is 0.583. The highest BCUT2D eigenvalue weighted by atomic mass is 16.7. The lowest BCUT2D eigenvalue weighted by Crippen LogP contribution is -2.31. The Morgan fingerprint density at radius 3 is 2.81 bits per heavy atom. The van der Waals surface area contributed by atoms with Gasteiger partial charge in [-0.05, 0) is 6.42 Å². The van der Waals surface area contributed by atoms with Crippen molar-refractivity contribution in [3.8, 4) is 0 Å². The van der Waals surface area contributed by atoms with E-state index in [9.17, 15) is 4.79 Å². The molecule has 2 rings (SSSR count). The molecule has 0 bridgehead atoms. The fourth-order valence-corrected chi connectivity index (χ4v) is 1.98. The predicted octanol–water partition coefficient (Wildman–Crippen LogP) is 1.57. The summed E-state index contributed by atoms with van der Waals surface area (Å²) in [4.78, 5) is 10.9. The van der Waals surface area contributed by atoms with Crippen LogP contribution < -0.4 is 0 Å². The summed E-state index contributed by atoms with van der Waals surface area (Å²) < 4.78 is 15.7. The molecule has 4 heteroatoms. The summed E-state index contributed by atoms with van der Waals surface area (Å²) in [5.41, 5.74) is 1.13. The van der Waals surface area contributed by atoms with E-state index < -0.39 is 0 Å². The first-order chi connectivity index (χ1) is 7.74. The number of methoxy groups -OCH3 is 1. The fourth-order valence-electron chi connectivity index (χ4n) is 1.98. The van der Waals surface area contributed by atoms with Crippen molar-refractivity contribution in [2.75, 3.05) is 20.3 Å². The van der Waals surface area contributed by atoms with Crippen molar-refractivity contribution in [2.45, 2.75) is 25.0 Å². The maximum atomic E-state index is 10.9. The molecule has 1 heterocycles. The van der Waals surface area contributed by atoms with Crippen LogP contribution in [0.1, 0.15) is 19.3 Å². The smallest absolute Gasteiger partial charge is 0.330 e. The summed E-state index contributed by atoms with van der Waals surface area (Å²) in [6, 6.07) is 0. The average Bonchev–Trinajstić information content (AvgIpc) is 2.77. The zero-order chi connectivity index (χ0) is 11.4. The summed E-state index contributed by atoms with van der Waals surface area (Å²) in [5, 5.41) is 0. The molecule has 0 unspecified atom stereocenters. The number of allylic oxidation sites excluding steroid dienone is 2. The topological polar surface area (TPSA) is 44.8 Å². The van der Waals surface area contributed by atoms with Gasteiger partial charge in [-0.1, -0.05) is 17.7 Å². The Kier molecular flexibility index (Phi) is 3.41. The van der Waals surface area contributed by atoms with E-state index >= 15 is 0 Å². The number of rotatable bonds is 2. The molecule has 0 aromatic rings. The first-order valence-corrected chi connectivity index (χ1v) is 5.47. The van der Waals surface area contributed by atoms with Crippen molar-refractivity contribution in [3.05, 3.63) is 23.8 Å². The molecule has 0 aromatic heterocycles. The Morgan fingerprint density at radius 1 is 1.50 bits per heavy atom. The lowest BCUT2D eigenvalue weighted by molar-refractivity contribution is -0.161. The van der Waals surface area contributed by atoms with Crippen molar-refractivity contribution in [3.63, 3.8) is 0 Å². The Hall–Kier alpha value is -1.13. The summed E-state index contributed by atoms with van der Waals surface area (Å²) in [6.45, 7) is 1.36. The first-order valence-electron chi connectivity index (χ1n) is 5.47. The quantitative estimate of drug-likeness (QED) is 0.527. The Labute approximate surface area is 94.9 Å². The van der Waals surface area contributed by atoms with Crippen molar-refractivity contribution < 1.29 is 19.0 Å². The van der Waals surface area contributed by atoms with Crippen molar-refractivity contribution in [1.29, 1.82) is 0 Å². The van der Waals surface area contributed by atoms with Gasteiger partial charge < -0.3 is 14.2 Å². The van der Waals surface area contributed by atoms with E-state index in [1.165, 1.54) is 13.2 Å². The monoisotopic (exact) mass is 224 g/mol. The molecule has 88 valence electrons. The lowest BCUT2D eigenvalue weighted by atomic mass is 9.94. The largest absolute Gasteiger partial charge is 0.466 e. The van der Waals surface area contributed by atoms with Crippen LogP contribution in [0.3, 0.4) is 0 Å². The number of hydrogen-bond donors (Lipinski definition) is 0. The van der Waals surface area contributed by atoms with Gasteiger partial charge in [0.1, 0.15) is 0 Å². The molecule has 0 radical (unpaired) electrons. The number of ether oxygens (including phenoxy) is 3. The van der Waals surface area contributed by atoms with E-state index in [2.05, 4.69) is 10.8 Å². The van der Waals surface area contributed by atoms with Crippen LogP contribution in [0.2, 0.25) is 0 Å². The highest BCUT2D eigenvalue weighted by Crippen LogP contribution is 2.35. The summed E-state index contributed by atoms with van der Waals surface area (Å²) in [6.07, 6.45) is 7.79. The second-order valence-electron chi connectivity index (χ2n) is 3.95. The zero-order valence-corrected chi connectivity index (χ0v) is 9.40. The molecular formula is C12H16O4. The molecule has 16 heavy (non-hydrogen) atoms. The lowest BCUT2D eigenvalue weighted by Gasteiger charge is -2.29. The van der Waals surface area contributed by atoms with Gasteiger partial charge in [0.25, 0.3) is 0 Å². The molecule has 4 nitrogen and oxygen atoms in total. The Bertz CT molecular complexity index is 324. The van der Waals surface area contributed by atoms with E-state index in [4.69, 9.17) is 9.47 Å². The van der Waals surface area contributed by atoms with E-state index in [-0.39, 0.29) is 11.8 Å². The molecule has 0 atom stereocenters. The van der Waals surface area contributed by atoms with Gasteiger partial charge in [-0.15, -0.1) is 0 Å². The maximum absolute atomic E-state index is 10.9. The molecule has 0 N–H and O–H groups in total. The van der Waals surface area contributed by atoms with Gasteiger partial charge in [0.2, 0.25) is 0 Å². The minimum Gasteiger partial charge on any atom is -0.466 e. The summed E-state index contributed by atoms with van der Waals surface area (Å²) in [7, 11) is 1.37. The van der Waals surface area contributed by atoms with E-state index in [1.807, 2.05) is 0 Å². The van der Waals surface area contributed by atoms with E-state index in [0.717, 1.165) is 24.8 Å². The van der Waals surface area contributed by atoms with Crippen LogP contribution in [0.4, 0.5) is 0 Å². The van der Waals surface area contributed by atoms with Gasteiger partial charge in [-0.2, -0.15) is 0 Å². The van der Waals surface area contributed by atoms with Gasteiger partial charge in [-0.25, -0.2) is 4.79 Å². The van der Waals surface area contributed by atoms with Crippen LogP contribution in [0.5, 0.6) is 0 Å². The van der Waals surface area contributed by atoms with Gasteiger partial charge in [-0.3, -0.25) is 0 Å². The number of esters is 1. The van der Waals surface area contributed by atoms with Crippen LogP contribution in [-0.2, 0) is 19.0 Å². The summed E-state index contributed by atoms with van der Waals surface area (Å²) in [5.74, 6) is -0.711.